The molecule has 4 nitrogen and oxygen atoms in total. The zero-order chi connectivity index (χ0) is 13.2. The van der Waals surface area contributed by atoms with Gasteiger partial charge >= 0.3 is 0 Å². The van der Waals surface area contributed by atoms with Crippen LogP contribution in [0.15, 0.2) is 24.4 Å². The van der Waals surface area contributed by atoms with Crippen molar-refractivity contribution in [2.75, 3.05) is 43.6 Å². The van der Waals surface area contributed by atoms with E-state index in [9.17, 15) is 0 Å². The number of nitrogens with zero attached hydrogens (tertiary/aromatic N) is 2. The van der Waals surface area contributed by atoms with Gasteiger partial charge in [0.1, 0.15) is 5.82 Å². The van der Waals surface area contributed by atoms with Crippen LogP contribution in [-0.2, 0) is 4.74 Å². The number of hydrogen-bond donors (Lipinski definition) is 1. The maximum atomic E-state index is 5.43. The molecule has 0 bridgehead atoms. The van der Waals surface area contributed by atoms with Gasteiger partial charge in [0.05, 0.1) is 25.1 Å². The van der Waals surface area contributed by atoms with Crippen LogP contribution in [0, 0.1) is 6.92 Å². The molecule has 19 heavy (non-hydrogen) atoms. The van der Waals surface area contributed by atoms with E-state index in [1.807, 2.05) is 13.2 Å². The average molecular weight is 257 g/mol. The summed E-state index contributed by atoms with van der Waals surface area (Å²) in [5, 5.41) is 5.70. The maximum absolute atomic E-state index is 5.43. The van der Waals surface area contributed by atoms with Crippen molar-refractivity contribution >= 4 is 22.3 Å². The van der Waals surface area contributed by atoms with E-state index in [0.29, 0.717) is 0 Å². The van der Waals surface area contributed by atoms with Crippen LogP contribution in [0.2, 0.25) is 0 Å². The van der Waals surface area contributed by atoms with Gasteiger partial charge in [-0.25, -0.2) is 4.98 Å². The number of rotatable bonds is 2. The van der Waals surface area contributed by atoms with E-state index in [2.05, 4.69) is 40.3 Å². The first-order chi connectivity index (χ1) is 9.31. The van der Waals surface area contributed by atoms with Gasteiger partial charge in [0.25, 0.3) is 0 Å². The number of fused-ring (bicyclic) bond motifs is 1. The molecular formula is C15H19N3O. The van der Waals surface area contributed by atoms with Crippen LogP contribution in [0.25, 0.3) is 10.8 Å². The molecule has 0 saturated carbocycles. The number of benzene rings is 1. The van der Waals surface area contributed by atoms with E-state index in [1.54, 1.807) is 0 Å². The Morgan fingerprint density at radius 2 is 2.05 bits per heavy atom. The summed E-state index contributed by atoms with van der Waals surface area (Å²) < 4.78 is 5.43. The zero-order valence-corrected chi connectivity index (χ0v) is 11.4. The molecule has 1 aliphatic rings. The highest BCUT2D eigenvalue weighted by Crippen LogP contribution is 2.32. The molecule has 0 aliphatic carbocycles. The van der Waals surface area contributed by atoms with E-state index in [0.717, 1.165) is 37.8 Å². The van der Waals surface area contributed by atoms with E-state index in [4.69, 9.17) is 4.74 Å². The molecule has 4 heteroatoms. The van der Waals surface area contributed by atoms with Crippen molar-refractivity contribution in [1.82, 2.24) is 4.98 Å². The Balaban J connectivity index is 2.19. The van der Waals surface area contributed by atoms with Crippen LogP contribution in [0.3, 0.4) is 0 Å². The molecule has 0 spiro atoms. The predicted octanol–water partition coefficient (Wildman–Crippen LogP) is 2.42. The maximum Gasteiger partial charge on any atom is 0.137 e. The zero-order valence-electron chi connectivity index (χ0n) is 11.4. The molecule has 0 radical (unpaired) electrons. The summed E-state index contributed by atoms with van der Waals surface area (Å²) in [5.41, 5.74) is 2.35. The van der Waals surface area contributed by atoms with E-state index in [1.165, 1.54) is 16.3 Å². The third-order valence-corrected chi connectivity index (χ3v) is 3.68. The van der Waals surface area contributed by atoms with Crippen LogP contribution < -0.4 is 10.2 Å². The molecule has 1 aromatic carbocycles. The van der Waals surface area contributed by atoms with Crippen LogP contribution in [0.5, 0.6) is 0 Å². The number of ether oxygens (including phenoxy) is 1. The minimum absolute atomic E-state index is 0.781. The fraction of sp³-hybridized carbons (Fsp3) is 0.400. The van der Waals surface area contributed by atoms with Gasteiger partial charge in [-0.3, -0.25) is 0 Å². The second-order valence-electron chi connectivity index (χ2n) is 4.84. The van der Waals surface area contributed by atoms with Crippen molar-refractivity contribution < 1.29 is 4.74 Å². The SMILES string of the molecule is CNc1cnc(N2CCOCC2)c2c(C)cccc12. The summed E-state index contributed by atoms with van der Waals surface area (Å²) in [7, 11) is 1.94. The van der Waals surface area contributed by atoms with Crippen LogP contribution in [0.1, 0.15) is 5.56 Å². The number of pyridine rings is 1. The second kappa shape index (κ2) is 5.05. The van der Waals surface area contributed by atoms with Gasteiger partial charge in [-0.1, -0.05) is 18.2 Å². The lowest BCUT2D eigenvalue weighted by Crippen LogP contribution is -2.37. The highest BCUT2D eigenvalue weighted by atomic mass is 16.5. The van der Waals surface area contributed by atoms with Crippen LogP contribution >= 0.6 is 0 Å². The smallest absolute Gasteiger partial charge is 0.137 e. The quantitative estimate of drug-likeness (QED) is 0.896. The van der Waals surface area contributed by atoms with Crippen molar-refractivity contribution in [1.29, 1.82) is 0 Å². The van der Waals surface area contributed by atoms with E-state index in [-0.39, 0.29) is 0 Å². The topological polar surface area (TPSA) is 37.4 Å². The second-order valence-corrected chi connectivity index (χ2v) is 4.84. The summed E-state index contributed by atoms with van der Waals surface area (Å²) in [4.78, 5) is 6.99. The predicted molar refractivity (Wildman–Crippen MR) is 79.1 cm³/mol. The third-order valence-electron chi connectivity index (χ3n) is 3.68. The lowest BCUT2D eigenvalue weighted by atomic mass is 10.0. The molecular weight excluding hydrogens is 238 g/mol. The normalized spacial score (nSPS) is 15.8. The minimum atomic E-state index is 0.781. The Bertz CT molecular complexity index is 591. The Labute approximate surface area is 113 Å². The van der Waals surface area contributed by atoms with Crippen LogP contribution in [-0.4, -0.2) is 38.3 Å². The van der Waals surface area contributed by atoms with Gasteiger partial charge < -0.3 is 15.0 Å². The molecule has 0 amide bonds. The van der Waals surface area contributed by atoms with Crippen molar-refractivity contribution in [2.24, 2.45) is 0 Å². The number of morpholine rings is 1. The molecule has 1 aliphatic heterocycles. The van der Waals surface area contributed by atoms with Crippen LogP contribution in [0.4, 0.5) is 11.5 Å². The summed E-state index contributed by atoms with van der Waals surface area (Å²) in [6.07, 6.45) is 1.92. The third kappa shape index (κ3) is 2.12. The lowest BCUT2D eigenvalue weighted by molar-refractivity contribution is 0.122. The van der Waals surface area contributed by atoms with E-state index >= 15 is 0 Å². The van der Waals surface area contributed by atoms with Gasteiger partial charge in [0.15, 0.2) is 0 Å². The Hall–Kier alpha value is -1.81. The lowest BCUT2D eigenvalue weighted by Gasteiger charge is -2.29. The number of hydrogen-bond acceptors (Lipinski definition) is 4. The van der Waals surface area contributed by atoms with Crippen molar-refractivity contribution in [3.05, 3.63) is 30.0 Å². The fourth-order valence-corrected chi connectivity index (χ4v) is 2.66. The molecule has 100 valence electrons. The first-order valence-electron chi connectivity index (χ1n) is 6.70. The summed E-state index contributed by atoms with van der Waals surface area (Å²) >= 11 is 0. The van der Waals surface area contributed by atoms with Gasteiger partial charge in [0, 0.05) is 30.9 Å². The summed E-state index contributed by atoms with van der Waals surface area (Å²) in [5.74, 6) is 1.08. The number of nitrogens with one attached hydrogen (secondary N) is 1. The van der Waals surface area contributed by atoms with Gasteiger partial charge in [0.2, 0.25) is 0 Å². The summed E-state index contributed by atoms with van der Waals surface area (Å²) in [6, 6.07) is 6.40. The summed E-state index contributed by atoms with van der Waals surface area (Å²) in [6.45, 7) is 5.53. The molecule has 1 saturated heterocycles. The number of aryl methyl sites for hydroxylation is 1. The van der Waals surface area contributed by atoms with Crippen molar-refractivity contribution in [2.45, 2.75) is 6.92 Å². The largest absolute Gasteiger partial charge is 0.386 e. The number of anilines is 2. The molecule has 1 N–H and O–H groups in total. The first-order valence-corrected chi connectivity index (χ1v) is 6.70. The molecule has 2 heterocycles. The van der Waals surface area contributed by atoms with Gasteiger partial charge in [-0.2, -0.15) is 0 Å². The highest BCUT2D eigenvalue weighted by Gasteiger charge is 2.17. The van der Waals surface area contributed by atoms with E-state index < -0.39 is 0 Å². The monoisotopic (exact) mass is 257 g/mol. The van der Waals surface area contributed by atoms with Gasteiger partial charge in [-0.15, -0.1) is 0 Å². The van der Waals surface area contributed by atoms with Crippen molar-refractivity contribution in [3.63, 3.8) is 0 Å². The molecule has 2 aromatic rings. The fourth-order valence-electron chi connectivity index (χ4n) is 2.66. The van der Waals surface area contributed by atoms with Crippen molar-refractivity contribution in [3.8, 4) is 0 Å². The minimum Gasteiger partial charge on any atom is -0.386 e. The highest BCUT2D eigenvalue weighted by molar-refractivity contribution is 6.02. The molecule has 0 atom stereocenters. The number of aromatic nitrogens is 1. The molecule has 1 fully saturated rings. The molecule has 0 unspecified atom stereocenters. The first kappa shape index (κ1) is 12.2. The molecule has 1 aromatic heterocycles. The average Bonchev–Trinajstić information content (AvgIpc) is 2.47. The Morgan fingerprint density at radius 3 is 2.79 bits per heavy atom. The molecule has 3 rings (SSSR count). The standard InChI is InChI=1S/C15H19N3O/c1-11-4-3-5-12-13(16-2)10-17-15(14(11)12)18-6-8-19-9-7-18/h3-5,10,16H,6-9H2,1-2H3. The Kier molecular flexibility index (Phi) is 3.25. The van der Waals surface area contributed by atoms with Gasteiger partial charge in [-0.05, 0) is 12.5 Å². The Morgan fingerprint density at radius 1 is 1.26 bits per heavy atom.